The zero-order valence-corrected chi connectivity index (χ0v) is 11.1. The number of hydrogen-bond donors (Lipinski definition) is 3. The van der Waals surface area contributed by atoms with Crippen LogP contribution in [0, 0.1) is 0 Å². The van der Waals surface area contributed by atoms with Crippen molar-refractivity contribution in [1.82, 2.24) is 0 Å². The zero-order valence-electron chi connectivity index (χ0n) is 10.3. The van der Waals surface area contributed by atoms with E-state index in [1.807, 2.05) is 0 Å². The van der Waals surface area contributed by atoms with Crippen molar-refractivity contribution in [3.8, 4) is 0 Å². The molecule has 0 aliphatic rings. The van der Waals surface area contributed by atoms with Crippen molar-refractivity contribution in [2.75, 3.05) is 16.3 Å². The fraction of sp³-hybridized carbons (Fsp3) is 0.364. The van der Waals surface area contributed by atoms with E-state index in [1.165, 1.54) is 0 Å². The van der Waals surface area contributed by atoms with E-state index in [-0.39, 0.29) is 18.4 Å². The Kier molecular flexibility index (Phi) is 4.69. The van der Waals surface area contributed by atoms with Crippen molar-refractivity contribution in [3.05, 3.63) is 24.3 Å². The minimum atomic E-state index is -3.32. The third kappa shape index (κ3) is 5.65. The summed E-state index contributed by atoms with van der Waals surface area (Å²) >= 11 is 0. The largest absolute Gasteiger partial charge is 0.327 e. The van der Waals surface area contributed by atoms with Gasteiger partial charge in [-0.15, -0.1) is 0 Å². The average molecular weight is 271 g/mol. The molecule has 0 saturated heterocycles. The van der Waals surface area contributed by atoms with Crippen LogP contribution in [-0.2, 0) is 14.8 Å². The minimum absolute atomic E-state index is 0.207. The van der Waals surface area contributed by atoms with E-state index in [9.17, 15) is 13.2 Å². The molecule has 1 amide bonds. The number of rotatable bonds is 5. The summed E-state index contributed by atoms with van der Waals surface area (Å²) in [7, 11) is -3.32. The summed E-state index contributed by atoms with van der Waals surface area (Å²) < 4.78 is 24.5. The van der Waals surface area contributed by atoms with Crippen molar-refractivity contribution < 1.29 is 13.2 Å². The van der Waals surface area contributed by atoms with Gasteiger partial charge in [0.2, 0.25) is 15.9 Å². The van der Waals surface area contributed by atoms with Crippen molar-refractivity contribution in [3.63, 3.8) is 0 Å². The number of sulfonamides is 1. The number of carbonyl (C=O) groups excluding carboxylic acids is 1. The summed E-state index contributed by atoms with van der Waals surface area (Å²) in [4.78, 5) is 11.5. The second-order valence-electron chi connectivity index (χ2n) is 4.18. The van der Waals surface area contributed by atoms with Crippen LogP contribution in [0.2, 0.25) is 0 Å². The van der Waals surface area contributed by atoms with Gasteiger partial charge in [0, 0.05) is 18.2 Å². The second-order valence-corrected chi connectivity index (χ2v) is 5.93. The van der Waals surface area contributed by atoms with Gasteiger partial charge in [0.1, 0.15) is 0 Å². The van der Waals surface area contributed by atoms with E-state index in [2.05, 4.69) is 10.0 Å². The Morgan fingerprint density at radius 2 is 2.00 bits per heavy atom. The molecular formula is C11H17N3O3S. The number of hydrogen-bond acceptors (Lipinski definition) is 4. The Morgan fingerprint density at radius 3 is 2.56 bits per heavy atom. The van der Waals surface area contributed by atoms with Gasteiger partial charge in [-0.25, -0.2) is 8.42 Å². The van der Waals surface area contributed by atoms with Crippen LogP contribution in [0.4, 0.5) is 11.4 Å². The average Bonchev–Trinajstić information content (AvgIpc) is 2.13. The van der Waals surface area contributed by atoms with E-state index < -0.39 is 10.0 Å². The van der Waals surface area contributed by atoms with Gasteiger partial charge in [-0.2, -0.15) is 0 Å². The zero-order chi connectivity index (χ0) is 13.8. The molecule has 0 aliphatic heterocycles. The normalized spacial score (nSPS) is 12.8. The van der Waals surface area contributed by atoms with Crippen LogP contribution in [0.5, 0.6) is 0 Å². The molecule has 0 radical (unpaired) electrons. The first kappa shape index (κ1) is 14.5. The lowest BCUT2D eigenvalue weighted by Crippen LogP contribution is -2.24. The lowest BCUT2D eigenvalue weighted by molar-refractivity contribution is -0.116. The van der Waals surface area contributed by atoms with Crippen LogP contribution in [-0.4, -0.2) is 26.6 Å². The highest BCUT2D eigenvalue weighted by Gasteiger charge is 2.07. The van der Waals surface area contributed by atoms with Gasteiger partial charge in [-0.05, 0) is 25.1 Å². The van der Waals surface area contributed by atoms with Crippen LogP contribution in [0.3, 0.4) is 0 Å². The Hall–Kier alpha value is -1.60. The van der Waals surface area contributed by atoms with Gasteiger partial charge in [0.15, 0.2) is 0 Å². The summed E-state index contributed by atoms with van der Waals surface area (Å²) in [5, 5.41) is 2.65. The Labute approximate surface area is 107 Å². The molecule has 6 nitrogen and oxygen atoms in total. The number of amides is 1. The smallest absolute Gasteiger partial charge is 0.229 e. The summed E-state index contributed by atoms with van der Waals surface area (Å²) in [5.41, 5.74) is 6.43. The molecule has 4 N–H and O–H groups in total. The molecule has 18 heavy (non-hydrogen) atoms. The molecule has 1 rings (SSSR count). The molecular weight excluding hydrogens is 254 g/mol. The highest BCUT2D eigenvalue weighted by atomic mass is 32.2. The Bertz CT molecular complexity index is 526. The molecule has 0 bridgehead atoms. The monoisotopic (exact) mass is 271 g/mol. The molecule has 100 valence electrons. The molecule has 1 aromatic rings. The van der Waals surface area contributed by atoms with E-state index in [0.29, 0.717) is 11.4 Å². The van der Waals surface area contributed by atoms with Gasteiger partial charge >= 0.3 is 0 Å². The third-order valence-electron chi connectivity index (χ3n) is 1.96. The van der Waals surface area contributed by atoms with Gasteiger partial charge in [0.05, 0.1) is 11.9 Å². The van der Waals surface area contributed by atoms with Crippen LogP contribution in [0.15, 0.2) is 24.3 Å². The summed E-state index contributed by atoms with van der Waals surface area (Å²) in [6.07, 6.45) is 1.28. The second kappa shape index (κ2) is 5.83. The first-order chi connectivity index (χ1) is 8.26. The molecule has 0 aromatic heterocycles. The van der Waals surface area contributed by atoms with Crippen LogP contribution in [0.25, 0.3) is 0 Å². The summed E-state index contributed by atoms with van der Waals surface area (Å²) in [5.74, 6) is -0.207. The first-order valence-corrected chi connectivity index (χ1v) is 7.29. The van der Waals surface area contributed by atoms with E-state index in [1.54, 1.807) is 31.2 Å². The number of benzene rings is 1. The Balaban J connectivity index is 2.74. The van der Waals surface area contributed by atoms with Gasteiger partial charge in [0.25, 0.3) is 0 Å². The quantitative estimate of drug-likeness (QED) is 0.735. The molecule has 0 fully saturated rings. The van der Waals surface area contributed by atoms with Crippen molar-refractivity contribution >= 4 is 27.3 Å². The standard InChI is InChI=1S/C11H17N3O3S/c1-8(12)6-11(15)13-9-4-3-5-10(7-9)14-18(2,16)17/h3-5,7-8,14H,6,12H2,1-2H3,(H,13,15). The maximum absolute atomic E-state index is 11.5. The third-order valence-corrected chi connectivity index (χ3v) is 2.56. The van der Waals surface area contributed by atoms with Crippen LogP contribution < -0.4 is 15.8 Å². The van der Waals surface area contributed by atoms with Crippen molar-refractivity contribution in [2.24, 2.45) is 5.73 Å². The van der Waals surface area contributed by atoms with E-state index in [0.717, 1.165) is 6.26 Å². The molecule has 1 atom stereocenters. The first-order valence-electron chi connectivity index (χ1n) is 5.39. The predicted octanol–water partition coefficient (Wildman–Crippen LogP) is 0.734. The highest BCUT2D eigenvalue weighted by Crippen LogP contribution is 2.16. The molecule has 7 heteroatoms. The number of carbonyl (C=O) groups is 1. The van der Waals surface area contributed by atoms with Crippen LogP contribution in [0.1, 0.15) is 13.3 Å². The lowest BCUT2D eigenvalue weighted by Gasteiger charge is -2.09. The van der Waals surface area contributed by atoms with Gasteiger partial charge < -0.3 is 11.1 Å². The molecule has 1 unspecified atom stereocenters. The fourth-order valence-corrected chi connectivity index (χ4v) is 1.93. The maximum atomic E-state index is 11.5. The maximum Gasteiger partial charge on any atom is 0.229 e. The van der Waals surface area contributed by atoms with E-state index >= 15 is 0 Å². The molecule has 0 aliphatic carbocycles. The topological polar surface area (TPSA) is 101 Å². The Morgan fingerprint density at radius 1 is 1.39 bits per heavy atom. The molecule has 0 heterocycles. The summed E-state index contributed by atoms with van der Waals surface area (Å²) in [6, 6.07) is 6.24. The molecule has 0 spiro atoms. The SMILES string of the molecule is CC(N)CC(=O)Nc1cccc(NS(C)(=O)=O)c1. The predicted molar refractivity (Wildman–Crippen MR) is 71.8 cm³/mol. The van der Waals surface area contributed by atoms with Gasteiger partial charge in [-0.1, -0.05) is 6.07 Å². The number of nitrogens with two attached hydrogens (primary N) is 1. The van der Waals surface area contributed by atoms with Gasteiger partial charge in [-0.3, -0.25) is 9.52 Å². The highest BCUT2D eigenvalue weighted by molar-refractivity contribution is 7.92. The van der Waals surface area contributed by atoms with Crippen molar-refractivity contribution in [1.29, 1.82) is 0 Å². The van der Waals surface area contributed by atoms with Crippen LogP contribution >= 0.6 is 0 Å². The minimum Gasteiger partial charge on any atom is -0.327 e. The molecule has 0 saturated carbocycles. The van der Waals surface area contributed by atoms with E-state index in [4.69, 9.17) is 5.73 Å². The number of anilines is 2. The summed E-state index contributed by atoms with van der Waals surface area (Å²) in [6.45, 7) is 1.74. The fourth-order valence-electron chi connectivity index (χ4n) is 1.38. The molecule has 1 aromatic carbocycles. The number of nitrogens with one attached hydrogen (secondary N) is 2. The lowest BCUT2D eigenvalue weighted by atomic mass is 10.2. The van der Waals surface area contributed by atoms with Crippen molar-refractivity contribution in [2.45, 2.75) is 19.4 Å².